The van der Waals surface area contributed by atoms with E-state index in [1.165, 1.54) is 49.7 Å². The number of aryl methyl sites for hydroxylation is 1. The molecule has 5 heteroatoms. The number of anilines is 1. The number of carbonyl (C=O) groups is 2. The van der Waals surface area contributed by atoms with Crippen molar-refractivity contribution in [2.24, 2.45) is 0 Å². The number of thiophene rings is 1. The monoisotopic (exact) mass is 427 g/mol. The zero-order chi connectivity index (χ0) is 21.8. The number of unbranched alkanes of at least 4 members (excludes halogenated alkanes) is 3. The van der Waals surface area contributed by atoms with Gasteiger partial charge in [0, 0.05) is 23.5 Å². The second-order valence-electron chi connectivity index (χ2n) is 7.38. The van der Waals surface area contributed by atoms with Crippen LogP contribution < -0.4 is 4.90 Å². The van der Waals surface area contributed by atoms with Crippen LogP contribution in [0.1, 0.15) is 65.6 Å². The van der Waals surface area contributed by atoms with Gasteiger partial charge in [-0.1, -0.05) is 44.4 Å². The molecule has 30 heavy (non-hydrogen) atoms. The van der Waals surface area contributed by atoms with Gasteiger partial charge in [0.25, 0.3) is 0 Å². The summed E-state index contributed by atoms with van der Waals surface area (Å²) in [6.07, 6.45) is 10.7. The Kier molecular flexibility index (Phi) is 10.4. The normalized spacial score (nSPS) is 13.0. The lowest BCUT2D eigenvalue weighted by molar-refractivity contribution is -0.117. The summed E-state index contributed by atoms with van der Waals surface area (Å²) in [5.41, 5.74) is 2.45. The molecule has 3 rings (SSSR count). The molecule has 162 valence electrons. The van der Waals surface area contributed by atoms with Crippen molar-refractivity contribution in [1.82, 2.24) is 0 Å². The first-order valence-electron chi connectivity index (χ1n) is 10.8. The Morgan fingerprint density at radius 2 is 1.93 bits per heavy atom. The smallest absolute Gasteiger partial charge is 0.348 e. The standard InChI is InChI=1S/C16H23NO.C9H10O2S/c1-2-3-4-5-7-14-9-11-15(12-10-14)17-13-6-8-16(17)18;1-3-4-7-5-6-8(12-7)9(10)11-2/h9-12H,2-8,13H2,1H3;3,5-6H,1,4H2,2H3. The molecule has 1 saturated heterocycles. The molecular formula is C25H33NO3S. The number of ether oxygens (including phenoxy) is 1. The van der Waals surface area contributed by atoms with Crippen LogP contribution in [0.15, 0.2) is 49.1 Å². The second-order valence-corrected chi connectivity index (χ2v) is 8.54. The van der Waals surface area contributed by atoms with Gasteiger partial charge in [-0.15, -0.1) is 17.9 Å². The van der Waals surface area contributed by atoms with Crippen LogP contribution in [0.5, 0.6) is 0 Å². The van der Waals surface area contributed by atoms with Crippen molar-refractivity contribution in [1.29, 1.82) is 0 Å². The predicted octanol–water partition coefficient (Wildman–Crippen LogP) is 6.20. The van der Waals surface area contributed by atoms with Crippen molar-refractivity contribution in [3.05, 3.63) is 64.4 Å². The average molecular weight is 428 g/mol. The number of methoxy groups -OCH3 is 1. The highest BCUT2D eigenvalue weighted by atomic mass is 32.1. The van der Waals surface area contributed by atoms with E-state index in [2.05, 4.69) is 42.5 Å². The van der Waals surface area contributed by atoms with Crippen LogP contribution in [0, 0.1) is 0 Å². The van der Waals surface area contributed by atoms with E-state index in [1.807, 2.05) is 17.0 Å². The molecule has 2 aromatic rings. The van der Waals surface area contributed by atoms with Gasteiger partial charge in [0.1, 0.15) is 4.88 Å². The van der Waals surface area contributed by atoms with Gasteiger partial charge in [-0.3, -0.25) is 4.79 Å². The minimum absolute atomic E-state index is 0.268. The van der Waals surface area contributed by atoms with Gasteiger partial charge in [-0.2, -0.15) is 0 Å². The first-order chi connectivity index (χ1) is 14.6. The molecule has 1 amide bonds. The van der Waals surface area contributed by atoms with E-state index in [0.29, 0.717) is 11.3 Å². The molecule has 0 atom stereocenters. The molecule has 0 aliphatic carbocycles. The highest BCUT2D eigenvalue weighted by molar-refractivity contribution is 7.13. The first-order valence-corrected chi connectivity index (χ1v) is 11.6. The Morgan fingerprint density at radius 3 is 2.53 bits per heavy atom. The van der Waals surface area contributed by atoms with Crippen LogP contribution in [0.2, 0.25) is 0 Å². The van der Waals surface area contributed by atoms with E-state index in [4.69, 9.17) is 0 Å². The largest absolute Gasteiger partial charge is 0.465 e. The van der Waals surface area contributed by atoms with Crippen molar-refractivity contribution >= 4 is 28.9 Å². The lowest BCUT2D eigenvalue weighted by Gasteiger charge is -2.15. The average Bonchev–Trinajstić information content (AvgIpc) is 3.41. The van der Waals surface area contributed by atoms with E-state index in [-0.39, 0.29) is 11.9 Å². The fraction of sp³-hybridized carbons (Fsp3) is 0.440. The zero-order valence-electron chi connectivity index (χ0n) is 18.2. The van der Waals surface area contributed by atoms with Crippen molar-refractivity contribution in [2.75, 3.05) is 18.6 Å². The molecule has 1 aromatic heterocycles. The van der Waals surface area contributed by atoms with Crippen LogP contribution in [-0.4, -0.2) is 25.5 Å². The number of benzene rings is 1. The summed E-state index contributed by atoms with van der Waals surface area (Å²) in [6.45, 7) is 6.74. The molecule has 2 heterocycles. The molecule has 1 aromatic carbocycles. The number of rotatable bonds is 9. The maximum Gasteiger partial charge on any atom is 0.348 e. The summed E-state index contributed by atoms with van der Waals surface area (Å²) >= 11 is 1.44. The van der Waals surface area contributed by atoms with Crippen molar-refractivity contribution in [2.45, 2.75) is 58.3 Å². The summed E-state index contributed by atoms with van der Waals surface area (Å²) in [7, 11) is 1.38. The predicted molar refractivity (Wildman–Crippen MR) is 125 cm³/mol. The van der Waals surface area contributed by atoms with Crippen LogP contribution >= 0.6 is 11.3 Å². The fourth-order valence-corrected chi connectivity index (χ4v) is 4.28. The highest BCUT2D eigenvalue weighted by Gasteiger charge is 2.21. The molecule has 1 aliphatic rings. The Morgan fingerprint density at radius 1 is 1.17 bits per heavy atom. The Bertz CT molecular complexity index is 810. The lowest BCUT2D eigenvalue weighted by Crippen LogP contribution is -2.23. The maximum atomic E-state index is 11.6. The molecule has 0 radical (unpaired) electrons. The Hall–Kier alpha value is -2.40. The number of allylic oxidation sites excluding steroid dienone is 1. The van der Waals surface area contributed by atoms with E-state index in [1.54, 1.807) is 6.07 Å². The zero-order valence-corrected chi connectivity index (χ0v) is 19.0. The molecular weight excluding hydrogens is 394 g/mol. The van der Waals surface area contributed by atoms with Crippen molar-refractivity contribution < 1.29 is 14.3 Å². The molecule has 0 bridgehead atoms. The van der Waals surface area contributed by atoms with Crippen LogP contribution in [0.25, 0.3) is 0 Å². The lowest BCUT2D eigenvalue weighted by atomic mass is 10.1. The van der Waals surface area contributed by atoms with E-state index < -0.39 is 0 Å². The van der Waals surface area contributed by atoms with Gasteiger partial charge in [-0.05, 0) is 55.5 Å². The van der Waals surface area contributed by atoms with Gasteiger partial charge in [0.15, 0.2) is 0 Å². The molecule has 0 unspecified atom stereocenters. The quantitative estimate of drug-likeness (QED) is 0.272. The van der Waals surface area contributed by atoms with Crippen LogP contribution in [0.4, 0.5) is 5.69 Å². The molecule has 1 fully saturated rings. The Balaban J connectivity index is 0.000000232. The maximum absolute atomic E-state index is 11.6. The second kappa shape index (κ2) is 13.0. The van der Waals surface area contributed by atoms with E-state index >= 15 is 0 Å². The Labute approximate surface area is 184 Å². The first kappa shape index (κ1) is 23.9. The number of amides is 1. The third-order valence-electron chi connectivity index (χ3n) is 5.03. The van der Waals surface area contributed by atoms with Gasteiger partial charge in [0.05, 0.1) is 7.11 Å². The molecule has 1 aliphatic heterocycles. The van der Waals surface area contributed by atoms with Crippen molar-refractivity contribution in [3.8, 4) is 0 Å². The van der Waals surface area contributed by atoms with Crippen molar-refractivity contribution in [3.63, 3.8) is 0 Å². The van der Waals surface area contributed by atoms with Crippen LogP contribution in [0.3, 0.4) is 0 Å². The number of esters is 1. The van der Waals surface area contributed by atoms with E-state index in [9.17, 15) is 9.59 Å². The third kappa shape index (κ3) is 7.45. The summed E-state index contributed by atoms with van der Waals surface area (Å²) in [4.78, 5) is 26.3. The molecule has 0 saturated carbocycles. The summed E-state index contributed by atoms with van der Waals surface area (Å²) < 4.78 is 4.57. The fourth-order valence-electron chi connectivity index (χ4n) is 3.36. The number of carbonyl (C=O) groups excluding carboxylic acids is 2. The molecule has 0 N–H and O–H groups in total. The minimum atomic E-state index is -0.268. The highest BCUT2D eigenvalue weighted by Crippen LogP contribution is 2.22. The number of hydrogen-bond donors (Lipinski definition) is 0. The summed E-state index contributed by atoms with van der Waals surface area (Å²) in [6, 6.07) is 12.2. The van der Waals surface area contributed by atoms with E-state index in [0.717, 1.165) is 36.4 Å². The van der Waals surface area contributed by atoms with Gasteiger partial charge >= 0.3 is 5.97 Å². The van der Waals surface area contributed by atoms with Gasteiger partial charge in [-0.25, -0.2) is 4.79 Å². The third-order valence-corrected chi connectivity index (χ3v) is 6.12. The molecule has 4 nitrogen and oxygen atoms in total. The SMILES string of the molecule is C=CCc1ccc(C(=O)OC)s1.CCCCCCc1ccc(N2CCCC2=O)cc1. The minimum Gasteiger partial charge on any atom is -0.465 e. The molecule has 0 spiro atoms. The number of hydrogen-bond acceptors (Lipinski definition) is 4. The summed E-state index contributed by atoms with van der Waals surface area (Å²) in [5.74, 6) is 0.000933. The van der Waals surface area contributed by atoms with Gasteiger partial charge in [0.2, 0.25) is 5.91 Å². The summed E-state index contributed by atoms with van der Waals surface area (Å²) in [5, 5.41) is 0. The topological polar surface area (TPSA) is 46.6 Å². The number of nitrogens with zero attached hydrogens (tertiary/aromatic N) is 1. The van der Waals surface area contributed by atoms with Crippen LogP contribution in [-0.2, 0) is 22.4 Å². The van der Waals surface area contributed by atoms with Gasteiger partial charge < -0.3 is 9.64 Å².